The second-order valence-corrected chi connectivity index (χ2v) is 8.38. The van der Waals surface area contributed by atoms with Gasteiger partial charge >= 0.3 is 23.9 Å². The van der Waals surface area contributed by atoms with Crippen molar-refractivity contribution < 1.29 is 42.9 Å². The van der Waals surface area contributed by atoms with E-state index in [1.807, 2.05) is 0 Å². The standard InChI is InChI=1S/C29H22O9/c1-15(30)35-22-9-6-20-12-25(27(38-18(4)33)13-21(20)11-22)29(34)28-24-14-23(36-16(2)31)8-5-19(24)7-10-26(28)37-17(3)32/h5-14H,1-4H3. The predicted octanol–water partition coefficient (Wildman–Crippen LogP) is 4.93. The molecule has 0 aliphatic carbocycles. The molecule has 192 valence electrons. The fraction of sp³-hybridized carbons (Fsp3) is 0.138. The van der Waals surface area contributed by atoms with E-state index in [-0.39, 0.29) is 34.1 Å². The van der Waals surface area contributed by atoms with Crippen molar-refractivity contribution in [3.63, 3.8) is 0 Å². The van der Waals surface area contributed by atoms with Crippen molar-refractivity contribution in [1.29, 1.82) is 0 Å². The largest absolute Gasteiger partial charge is 0.427 e. The van der Waals surface area contributed by atoms with Crippen LogP contribution < -0.4 is 18.9 Å². The number of ether oxygens (including phenoxy) is 4. The Kier molecular flexibility index (Phi) is 7.20. The minimum absolute atomic E-state index is 0.0102. The molecule has 0 aliphatic rings. The first-order valence-corrected chi connectivity index (χ1v) is 11.4. The van der Waals surface area contributed by atoms with Crippen LogP contribution in [0.4, 0.5) is 0 Å². The van der Waals surface area contributed by atoms with Crippen LogP contribution in [-0.2, 0) is 19.2 Å². The van der Waals surface area contributed by atoms with Gasteiger partial charge < -0.3 is 18.9 Å². The summed E-state index contributed by atoms with van der Waals surface area (Å²) >= 11 is 0. The lowest BCUT2D eigenvalue weighted by atomic mass is 9.94. The van der Waals surface area contributed by atoms with Gasteiger partial charge in [0.15, 0.2) is 0 Å². The van der Waals surface area contributed by atoms with Crippen LogP contribution in [0.2, 0.25) is 0 Å². The highest BCUT2D eigenvalue weighted by Crippen LogP contribution is 2.37. The number of hydrogen-bond donors (Lipinski definition) is 0. The van der Waals surface area contributed by atoms with Gasteiger partial charge in [-0.2, -0.15) is 0 Å². The molecule has 0 spiro atoms. The van der Waals surface area contributed by atoms with Gasteiger partial charge in [-0.3, -0.25) is 24.0 Å². The van der Waals surface area contributed by atoms with Crippen molar-refractivity contribution in [2.75, 3.05) is 0 Å². The molecule has 4 aromatic carbocycles. The van der Waals surface area contributed by atoms with Crippen LogP contribution in [0.3, 0.4) is 0 Å². The number of ketones is 1. The SMILES string of the molecule is CC(=O)Oc1ccc2cc(C(=O)c3c(OC(C)=O)ccc4ccc(OC(C)=O)cc34)c(OC(C)=O)cc2c1. The van der Waals surface area contributed by atoms with Crippen LogP contribution in [-0.4, -0.2) is 29.7 Å². The minimum atomic E-state index is -0.662. The highest BCUT2D eigenvalue weighted by Gasteiger charge is 2.24. The molecule has 38 heavy (non-hydrogen) atoms. The Morgan fingerprint density at radius 2 is 1.03 bits per heavy atom. The van der Waals surface area contributed by atoms with Gasteiger partial charge in [-0.15, -0.1) is 0 Å². The summed E-state index contributed by atoms with van der Waals surface area (Å²) in [5, 5.41) is 2.11. The molecule has 0 aliphatic heterocycles. The van der Waals surface area contributed by atoms with E-state index in [9.17, 15) is 24.0 Å². The third-order valence-electron chi connectivity index (χ3n) is 5.37. The molecule has 0 atom stereocenters. The molecule has 0 saturated heterocycles. The van der Waals surface area contributed by atoms with Crippen LogP contribution in [0.25, 0.3) is 21.5 Å². The van der Waals surface area contributed by atoms with Crippen LogP contribution >= 0.6 is 0 Å². The average Bonchev–Trinajstić information content (AvgIpc) is 2.81. The number of carbonyl (C=O) groups is 5. The van der Waals surface area contributed by atoms with Gasteiger partial charge in [0.25, 0.3) is 0 Å². The molecule has 0 aromatic heterocycles. The molecule has 9 heteroatoms. The lowest BCUT2D eigenvalue weighted by molar-refractivity contribution is -0.132. The molecule has 0 amide bonds. The van der Waals surface area contributed by atoms with E-state index in [0.717, 1.165) is 0 Å². The van der Waals surface area contributed by atoms with Gasteiger partial charge in [0.2, 0.25) is 5.78 Å². The average molecular weight is 514 g/mol. The lowest BCUT2D eigenvalue weighted by Crippen LogP contribution is -2.12. The van der Waals surface area contributed by atoms with Gasteiger partial charge in [-0.1, -0.05) is 18.2 Å². The van der Waals surface area contributed by atoms with Crippen LogP contribution in [0.5, 0.6) is 23.0 Å². The summed E-state index contributed by atoms with van der Waals surface area (Å²) < 4.78 is 21.1. The first kappa shape index (κ1) is 26.0. The maximum atomic E-state index is 14.1. The number of rotatable bonds is 6. The molecule has 4 aromatic rings. The van der Waals surface area contributed by atoms with Crippen molar-refractivity contribution in [3.8, 4) is 23.0 Å². The van der Waals surface area contributed by atoms with Crippen molar-refractivity contribution in [2.45, 2.75) is 27.7 Å². The Hall–Kier alpha value is -5.05. The Bertz CT molecular complexity index is 1640. The van der Waals surface area contributed by atoms with Gasteiger partial charge in [0.1, 0.15) is 23.0 Å². The highest BCUT2D eigenvalue weighted by molar-refractivity contribution is 6.21. The van der Waals surface area contributed by atoms with Crippen LogP contribution in [0, 0.1) is 0 Å². The van der Waals surface area contributed by atoms with Crippen molar-refractivity contribution in [2.24, 2.45) is 0 Å². The van der Waals surface area contributed by atoms with Gasteiger partial charge in [-0.05, 0) is 58.6 Å². The lowest BCUT2D eigenvalue weighted by Gasteiger charge is -2.15. The number of fused-ring (bicyclic) bond motifs is 2. The zero-order valence-corrected chi connectivity index (χ0v) is 20.9. The fourth-order valence-corrected chi connectivity index (χ4v) is 4.02. The van der Waals surface area contributed by atoms with Gasteiger partial charge in [0, 0.05) is 33.1 Å². The van der Waals surface area contributed by atoms with E-state index in [4.69, 9.17) is 18.9 Å². The quantitative estimate of drug-likeness (QED) is 0.200. The maximum absolute atomic E-state index is 14.1. The van der Waals surface area contributed by atoms with E-state index in [0.29, 0.717) is 21.5 Å². The monoisotopic (exact) mass is 514 g/mol. The summed E-state index contributed by atoms with van der Waals surface area (Å²) in [5.41, 5.74) is 0.0303. The zero-order chi connectivity index (χ0) is 27.6. The summed E-state index contributed by atoms with van der Waals surface area (Å²) in [6, 6.07) is 15.7. The number of hydrogen-bond acceptors (Lipinski definition) is 9. The summed E-state index contributed by atoms with van der Waals surface area (Å²) in [6.07, 6.45) is 0. The van der Waals surface area contributed by atoms with Crippen LogP contribution in [0.1, 0.15) is 43.6 Å². The van der Waals surface area contributed by atoms with E-state index >= 15 is 0 Å². The van der Waals surface area contributed by atoms with Crippen molar-refractivity contribution in [1.82, 2.24) is 0 Å². The zero-order valence-electron chi connectivity index (χ0n) is 20.9. The summed E-state index contributed by atoms with van der Waals surface area (Å²) in [5.74, 6) is -2.56. The fourth-order valence-electron chi connectivity index (χ4n) is 4.02. The van der Waals surface area contributed by atoms with Crippen LogP contribution in [0.15, 0.2) is 60.7 Å². The van der Waals surface area contributed by atoms with Gasteiger partial charge in [0.05, 0.1) is 11.1 Å². The molecule has 0 unspecified atom stereocenters. The predicted molar refractivity (Wildman–Crippen MR) is 137 cm³/mol. The molecule has 0 fully saturated rings. The molecule has 0 bridgehead atoms. The molecular formula is C29H22O9. The second-order valence-electron chi connectivity index (χ2n) is 8.38. The van der Waals surface area contributed by atoms with Crippen molar-refractivity contribution in [3.05, 3.63) is 71.8 Å². The van der Waals surface area contributed by atoms with E-state index in [1.165, 1.54) is 52.0 Å². The van der Waals surface area contributed by atoms with E-state index in [1.54, 1.807) is 36.4 Å². The summed E-state index contributed by atoms with van der Waals surface area (Å²) in [6.45, 7) is 4.92. The minimum Gasteiger partial charge on any atom is -0.427 e. The molecule has 4 rings (SSSR count). The second kappa shape index (κ2) is 10.5. The smallest absolute Gasteiger partial charge is 0.308 e. The third-order valence-corrected chi connectivity index (χ3v) is 5.37. The van der Waals surface area contributed by atoms with Crippen molar-refractivity contribution >= 4 is 51.2 Å². The molecule has 0 saturated carbocycles. The Labute approximate surface area is 216 Å². The Balaban J connectivity index is 1.96. The third kappa shape index (κ3) is 5.67. The maximum Gasteiger partial charge on any atom is 0.308 e. The highest BCUT2D eigenvalue weighted by atomic mass is 16.5. The topological polar surface area (TPSA) is 122 Å². The summed E-state index contributed by atoms with van der Waals surface area (Å²) in [7, 11) is 0. The van der Waals surface area contributed by atoms with E-state index in [2.05, 4.69) is 0 Å². The number of benzene rings is 4. The Morgan fingerprint density at radius 3 is 1.63 bits per heavy atom. The first-order chi connectivity index (χ1) is 18.0. The first-order valence-electron chi connectivity index (χ1n) is 11.4. The Morgan fingerprint density at radius 1 is 0.500 bits per heavy atom. The van der Waals surface area contributed by atoms with E-state index < -0.39 is 29.7 Å². The number of carbonyl (C=O) groups excluding carboxylic acids is 5. The molecule has 9 nitrogen and oxygen atoms in total. The molecular weight excluding hydrogens is 492 g/mol. The molecule has 0 N–H and O–H groups in total. The normalized spacial score (nSPS) is 10.6. The molecule has 0 radical (unpaired) electrons. The number of esters is 4. The molecule has 0 heterocycles. The summed E-state index contributed by atoms with van der Waals surface area (Å²) in [4.78, 5) is 60.8. The van der Waals surface area contributed by atoms with Gasteiger partial charge in [-0.25, -0.2) is 0 Å².